The zero-order valence-corrected chi connectivity index (χ0v) is 71.9. The first kappa shape index (κ1) is 98.2. The highest BCUT2D eigenvalue weighted by molar-refractivity contribution is 7.99. The van der Waals surface area contributed by atoms with Crippen LogP contribution >= 0.6 is 23.5 Å². The summed E-state index contributed by atoms with van der Waals surface area (Å²) in [6.07, 6.45) is 6.20. The molecular formula is C81H121N21O20S2. The molecule has 1 saturated heterocycles. The minimum absolute atomic E-state index is 0.000891. The molecular weight excluding hydrogens is 1650 g/mol. The number of rotatable bonds is 54. The SMILES string of the molecule is COC1=C(OC)C(OC)CC(C2c3cc4c(cc3[C@H](OC(=O)CCn3c(O)cc(SC[C@H](N)C(=O)NCCC(=O)N[C@@H](CCCNC(=N)N)C(=O)N[C@@H](CCCNC(=N)N)C(=O)N[C@@H](CCSC)C(=O)N[C@@H](CCCCN)C(=O)N[C@@H](Cc5c[nH]c6ccccc56)C(=O)N[C@@H](CCCCN)C(=O)N[C@@H](CCCCN)C(N)=O)c3O)[C@H]3COC(=O)[C@H]23)OCO4)=C1. The molecule has 8 rings (SSSR count). The number of hydrogen-bond donors (Lipinski definition) is 22. The molecule has 2 aliphatic heterocycles. The fraction of sp³-hybridized carbons (Fsp3) is 0.568. The Kier molecular flexibility index (Phi) is 39.0. The van der Waals surface area contributed by atoms with E-state index < -0.39 is 162 Å². The Hall–Kier alpha value is -11.2. The average Bonchev–Trinajstić information content (AvgIpc) is 1.30. The molecule has 1 fully saturated rings. The maximum absolute atomic E-state index is 14.9. The predicted molar refractivity (Wildman–Crippen MR) is 460 cm³/mol. The zero-order valence-electron chi connectivity index (χ0n) is 70.3. The molecule has 43 heteroatoms. The van der Waals surface area contributed by atoms with E-state index in [4.69, 9.17) is 84.1 Å². The number of nitrogens with two attached hydrogens (primary N) is 7. The maximum Gasteiger partial charge on any atom is 0.310 e. The van der Waals surface area contributed by atoms with Crippen molar-refractivity contribution in [3.05, 3.63) is 88.5 Å². The minimum atomic E-state index is -1.43. The van der Waals surface area contributed by atoms with Crippen LogP contribution in [0.15, 0.2) is 76.7 Å². The third kappa shape index (κ3) is 27.9. The third-order valence-corrected chi connectivity index (χ3v) is 23.5. The molecule has 2 aliphatic carbocycles. The fourth-order valence-electron chi connectivity index (χ4n) is 15.2. The van der Waals surface area contributed by atoms with E-state index in [9.17, 15) is 63.0 Å². The lowest BCUT2D eigenvalue weighted by Gasteiger charge is -2.40. The van der Waals surface area contributed by atoms with Gasteiger partial charge in [-0.1, -0.05) is 23.8 Å². The average molecular weight is 1770 g/mol. The van der Waals surface area contributed by atoms with Gasteiger partial charge in [0, 0.05) is 98.9 Å². The van der Waals surface area contributed by atoms with Gasteiger partial charge in [-0.3, -0.25) is 68.1 Å². The topological polar surface area (TPSA) is 664 Å². The number of H-pyrrole nitrogens is 1. The molecule has 0 spiro atoms. The fourth-order valence-corrected chi connectivity index (χ4v) is 16.6. The number of fused-ring (bicyclic) bond motifs is 4. The summed E-state index contributed by atoms with van der Waals surface area (Å²) in [5.41, 5.74) is 43.9. The number of para-hydroxylation sites is 1. The number of aromatic hydroxyl groups is 2. The number of ether oxygens (including phenoxy) is 7. The largest absolute Gasteiger partial charge is 0.494 e. The highest BCUT2D eigenvalue weighted by Gasteiger charge is 2.55. The number of guanidine groups is 2. The monoisotopic (exact) mass is 1770 g/mol. The summed E-state index contributed by atoms with van der Waals surface area (Å²) in [4.78, 5) is 159. The molecule has 4 aliphatic rings. The lowest BCUT2D eigenvalue weighted by atomic mass is 9.64. The van der Waals surface area contributed by atoms with Crippen LogP contribution < -0.4 is 103 Å². The molecule has 124 heavy (non-hydrogen) atoms. The number of cyclic esters (lactones) is 1. The van der Waals surface area contributed by atoms with Crippen molar-refractivity contribution >= 4 is 111 Å². The summed E-state index contributed by atoms with van der Waals surface area (Å²) in [6.45, 7) is 0.295. The molecule has 41 nitrogen and oxygen atoms in total. The van der Waals surface area contributed by atoms with Gasteiger partial charge in [0.05, 0.1) is 44.1 Å². The first-order valence-corrected chi connectivity index (χ1v) is 43.8. The van der Waals surface area contributed by atoms with Gasteiger partial charge in [0.2, 0.25) is 65.8 Å². The summed E-state index contributed by atoms with van der Waals surface area (Å²) < 4.78 is 41.7. The second-order valence-corrected chi connectivity index (χ2v) is 32.5. The van der Waals surface area contributed by atoms with E-state index in [0.29, 0.717) is 97.0 Å². The van der Waals surface area contributed by atoms with Crippen molar-refractivity contribution in [3.63, 3.8) is 0 Å². The van der Waals surface area contributed by atoms with E-state index in [0.717, 1.165) is 32.8 Å². The molecule has 4 aromatic rings. The number of carbonyl (C=O) groups is 11. The molecule has 2 unspecified atom stereocenters. The van der Waals surface area contributed by atoms with Crippen LogP contribution in [-0.4, -0.2) is 243 Å². The minimum Gasteiger partial charge on any atom is -0.494 e. The first-order chi connectivity index (χ1) is 59.6. The molecule has 0 radical (unpaired) electrons. The summed E-state index contributed by atoms with van der Waals surface area (Å²) >= 11 is 2.26. The smallest absolute Gasteiger partial charge is 0.310 e. The van der Waals surface area contributed by atoms with Crippen LogP contribution in [0.25, 0.3) is 10.9 Å². The van der Waals surface area contributed by atoms with E-state index in [1.807, 2.05) is 24.3 Å². The van der Waals surface area contributed by atoms with Crippen LogP contribution in [0.2, 0.25) is 0 Å². The number of nitrogens with zero attached hydrogens (tertiary/aromatic N) is 1. The summed E-state index contributed by atoms with van der Waals surface area (Å²) in [6, 6.07) is 1.57. The molecule has 0 bridgehead atoms. The number of carbonyl (C=O) groups excluding carboxylic acids is 11. The predicted octanol–water partition coefficient (Wildman–Crippen LogP) is -0.766. The number of allylic oxidation sites excluding steroid dienone is 1. The molecule has 13 atom stereocenters. The molecule has 2 aromatic heterocycles. The summed E-state index contributed by atoms with van der Waals surface area (Å²) in [5.74, 6) is -10.1. The molecule has 682 valence electrons. The Labute approximate surface area is 726 Å². The van der Waals surface area contributed by atoms with E-state index in [1.54, 1.807) is 30.7 Å². The zero-order chi connectivity index (χ0) is 90.1. The van der Waals surface area contributed by atoms with Crippen molar-refractivity contribution in [3.8, 4) is 23.3 Å². The highest BCUT2D eigenvalue weighted by atomic mass is 32.2. The Balaban J connectivity index is 0.898. The van der Waals surface area contributed by atoms with Crippen LogP contribution in [0.5, 0.6) is 23.3 Å². The number of aromatic amines is 1. The van der Waals surface area contributed by atoms with Crippen molar-refractivity contribution in [1.29, 1.82) is 10.8 Å². The van der Waals surface area contributed by atoms with Gasteiger partial charge < -0.3 is 142 Å². The first-order valence-electron chi connectivity index (χ1n) is 41.4. The normalized spacial score (nSPS) is 18.1. The molecule has 29 N–H and O–H groups in total. The van der Waals surface area contributed by atoms with Gasteiger partial charge >= 0.3 is 11.9 Å². The lowest BCUT2D eigenvalue weighted by molar-refractivity contribution is -0.155. The van der Waals surface area contributed by atoms with Gasteiger partial charge in [-0.2, -0.15) is 11.8 Å². The number of benzene rings is 2. The highest BCUT2D eigenvalue weighted by Crippen LogP contribution is 2.57. The number of unbranched alkanes of at least 4 members (excludes halogenated alkanes) is 3. The van der Waals surface area contributed by atoms with Gasteiger partial charge in [0.15, 0.2) is 40.8 Å². The van der Waals surface area contributed by atoms with Crippen LogP contribution in [0, 0.1) is 22.7 Å². The summed E-state index contributed by atoms with van der Waals surface area (Å²) in [5, 5.41) is 65.7. The van der Waals surface area contributed by atoms with E-state index in [2.05, 4.69) is 58.2 Å². The third-order valence-electron chi connectivity index (χ3n) is 21.7. The van der Waals surface area contributed by atoms with E-state index in [-0.39, 0.29) is 139 Å². The molecule has 4 heterocycles. The van der Waals surface area contributed by atoms with Crippen LogP contribution in [0.1, 0.15) is 138 Å². The number of esters is 2. The quantitative estimate of drug-likeness (QED) is 0.00849. The number of primary amides is 1. The number of aromatic nitrogens is 2. The number of thioether (sulfide) groups is 2. The standard InChI is InChI=1S/C81H121N21O20S2/c1-116-60-34-43(35-61(117-2)69(60)118-3)66-46-36-58-59(121-42-120-58)37-47(46)68(48-40-119-79(115)67(48)66)122-65(105)23-31-102-64(104)38-62(78(102)114)124-41-49(85)71(107)91-30-22-63(103)95-52(20-13-28-92-80(87)88)72(108)98-55(21-14-29-93-81(89)90)74(110)100-56(24-32-123-4)76(112)97-54(19-9-12-27-84)75(111)101-57(33-44-39-94-50-16-6-5-15-45(44)50)77(113)99-53(18-8-11-26-83)73(109)96-51(70(86)106)17-7-10-25-82/h5-6,15-16,34,36-39,48-49,51-57,61,66-68,94,104,114H,7-14,17-33,35,40-42,82-85H2,1-4H3,(H2,86,106)(H,91,107)(H,95,103)(H,96,109)(H,97,112)(H,98,108)(H,99,113)(H,100,110)(H,101,111)(H4,87,88,92)(H4,89,90,93)/t48-,49-,51-,52-,53-,54-,55-,56-,57-,61?,66?,67-,68-/m0/s1. The number of methoxy groups -OCH3 is 3. The van der Waals surface area contributed by atoms with Crippen LogP contribution in [-0.2, 0) is 89.4 Å². The van der Waals surface area contributed by atoms with Gasteiger partial charge in [-0.25, -0.2) is 0 Å². The Morgan fingerprint density at radius 2 is 1.16 bits per heavy atom. The van der Waals surface area contributed by atoms with Crippen molar-refractivity contribution in [1.82, 2.24) is 62.7 Å². The maximum atomic E-state index is 14.9. The molecule has 0 saturated carbocycles. The number of amides is 9. The van der Waals surface area contributed by atoms with Crippen LogP contribution in [0.4, 0.5) is 0 Å². The van der Waals surface area contributed by atoms with Crippen molar-refractivity contribution in [2.24, 2.45) is 52.0 Å². The van der Waals surface area contributed by atoms with Gasteiger partial charge in [-0.15, -0.1) is 11.8 Å². The van der Waals surface area contributed by atoms with E-state index >= 15 is 0 Å². The van der Waals surface area contributed by atoms with Gasteiger partial charge in [-0.05, 0) is 157 Å². The number of hydrogen-bond acceptors (Lipinski definition) is 28. The van der Waals surface area contributed by atoms with Gasteiger partial charge in [0.25, 0.3) is 0 Å². The Morgan fingerprint density at radius 1 is 0.629 bits per heavy atom. The number of nitrogens with one attached hydrogen (secondary N) is 13. The second kappa shape index (κ2) is 49.3. The summed E-state index contributed by atoms with van der Waals surface area (Å²) in [7, 11) is 4.55. The van der Waals surface area contributed by atoms with Crippen molar-refractivity contribution < 1.29 is 96.1 Å². The van der Waals surface area contributed by atoms with Crippen molar-refractivity contribution in [2.75, 3.05) is 91.8 Å². The Bertz CT molecular complexity index is 4450. The van der Waals surface area contributed by atoms with Crippen LogP contribution in [0.3, 0.4) is 0 Å². The Morgan fingerprint density at radius 3 is 1.71 bits per heavy atom. The second-order valence-electron chi connectivity index (χ2n) is 30.4. The lowest BCUT2D eigenvalue weighted by Crippen LogP contribution is -2.60. The molecule has 2 aromatic carbocycles. The van der Waals surface area contributed by atoms with E-state index in [1.165, 1.54) is 39.2 Å². The molecule has 9 amide bonds. The van der Waals surface area contributed by atoms with Crippen molar-refractivity contribution in [2.45, 2.75) is 193 Å². The van der Waals surface area contributed by atoms with Gasteiger partial charge in [0.1, 0.15) is 54.5 Å².